The highest BCUT2D eigenvalue weighted by Crippen LogP contribution is 2.24. The number of carboxylic acids is 1. The van der Waals surface area contributed by atoms with Crippen molar-refractivity contribution in [1.82, 2.24) is 5.32 Å². The zero-order valence-electron chi connectivity index (χ0n) is 11.4. The molecular formula is C14H18FNO4. The zero-order valence-corrected chi connectivity index (χ0v) is 11.4. The standard InChI is InChI=1S/C14H18FNO4/c1-14(2,7-13(19)20)6-12(18)16-8-9-3-4-11(17)10(15)5-9/h3-5,17H,6-8H2,1-2H3,(H,16,18)(H,19,20). The highest BCUT2D eigenvalue weighted by molar-refractivity contribution is 5.77. The van der Waals surface area contributed by atoms with Crippen molar-refractivity contribution >= 4 is 11.9 Å². The van der Waals surface area contributed by atoms with Crippen LogP contribution in [0.4, 0.5) is 4.39 Å². The van der Waals surface area contributed by atoms with E-state index in [-0.39, 0.29) is 25.3 Å². The van der Waals surface area contributed by atoms with E-state index in [1.165, 1.54) is 12.1 Å². The minimum absolute atomic E-state index is 0.0693. The van der Waals surface area contributed by atoms with Crippen LogP contribution in [0.5, 0.6) is 5.75 Å². The van der Waals surface area contributed by atoms with E-state index in [4.69, 9.17) is 10.2 Å². The SMILES string of the molecule is CC(C)(CC(=O)O)CC(=O)NCc1ccc(O)c(F)c1. The topological polar surface area (TPSA) is 86.6 Å². The van der Waals surface area contributed by atoms with Gasteiger partial charge < -0.3 is 15.5 Å². The predicted molar refractivity (Wildman–Crippen MR) is 70.6 cm³/mol. The van der Waals surface area contributed by atoms with E-state index in [9.17, 15) is 14.0 Å². The summed E-state index contributed by atoms with van der Waals surface area (Å²) in [5, 5.41) is 20.4. The second-order valence-corrected chi connectivity index (χ2v) is 5.47. The van der Waals surface area contributed by atoms with Gasteiger partial charge in [0.05, 0.1) is 6.42 Å². The molecule has 0 aliphatic rings. The molecule has 6 heteroatoms. The molecule has 1 aromatic carbocycles. The maximum Gasteiger partial charge on any atom is 0.303 e. The summed E-state index contributed by atoms with van der Waals surface area (Å²) in [7, 11) is 0. The molecule has 3 N–H and O–H groups in total. The number of amides is 1. The van der Waals surface area contributed by atoms with Gasteiger partial charge in [-0.2, -0.15) is 0 Å². The van der Waals surface area contributed by atoms with Gasteiger partial charge in [0, 0.05) is 13.0 Å². The number of aliphatic carboxylic acids is 1. The lowest BCUT2D eigenvalue weighted by Gasteiger charge is -2.21. The number of rotatable bonds is 6. The van der Waals surface area contributed by atoms with Gasteiger partial charge in [-0.15, -0.1) is 0 Å². The molecule has 0 bridgehead atoms. The molecule has 0 fully saturated rings. The van der Waals surface area contributed by atoms with Gasteiger partial charge in [-0.3, -0.25) is 9.59 Å². The summed E-state index contributed by atoms with van der Waals surface area (Å²) in [6, 6.07) is 3.85. The number of phenolic OH excluding ortho intramolecular Hbond substituents is 1. The smallest absolute Gasteiger partial charge is 0.303 e. The number of carbonyl (C=O) groups is 2. The van der Waals surface area contributed by atoms with Gasteiger partial charge in [0.25, 0.3) is 0 Å². The number of halogens is 1. The van der Waals surface area contributed by atoms with Crippen LogP contribution in [0.25, 0.3) is 0 Å². The van der Waals surface area contributed by atoms with Crippen molar-refractivity contribution < 1.29 is 24.2 Å². The van der Waals surface area contributed by atoms with Crippen LogP contribution in [-0.4, -0.2) is 22.1 Å². The molecule has 0 saturated heterocycles. The van der Waals surface area contributed by atoms with Crippen LogP contribution < -0.4 is 5.32 Å². The fourth-order valence-corrected chi connectivity index (χ4v) is 1.83. The highest BCUT2D eigenvalue weighted by Gasteiger charge is 2.25. The lowest BCUT2D eigenvalue weighted by Crippen LogP contribution is -2.29. The Labute approximate surface area is 116 Å². The molecule has 110 valence electrons. The van der Waals surface area contributed by atoms with Gasteiger partial charge in [0.1, 0.15) is 0 Å². The molecule has 20 heavy (non-hydrogen) atoms. The van der Waals surface area contributed by atoms with Crippen LogP contribution in [0.3, 0.4) is 0 Å². The molecule has 1 aromatic rings. The van der Waals surface area contributed by atoms with Crippen LogP contribution in [0.2, 0.25) is 0 Å². The maximum atomic E-state index is 13.1. The fraction of sp³-hybridized carbons (Fsp3) is 0.429. The van der Waals surface area contributed by atoms with Crippen molar-refractivity contribution in [3.05, 3.63) is 29.6 Å². The number of benzene rings is 1. The molecule has 0 spiro atoms. The lowest BCUT2D eigenvalue weighted by molar-refractivity contribution is -0.139. The van der Waals surface area contributed by atoms with E-state index in [1.807, 2.05) is 0 Å². The fourth-order valence-electron chi connectivity index (χ4n) is 1.83. The minimum atomic E-state index is -0.955. The van der Waals surface area contributed by atoms with Crippen LogP contribution in [0.1, 0.15) is 32.3 Å². The van der Waals surface area contributed by atoms with Gasteiger partial charge in [-0.1, -0.05) is 19.9 Å². The summed E-state index contributed by atoms with van der Waals surface area (Å²) in [5.74, 6) is -2.45. The Morgan fingerprint density at radius 2 is 1.95 bits per heavy atom. The third-order valence-electron chi connectivity index (χ3n) is 2.77. The second kappa shape index (κ2) is 6.36. The van der Waals surface area contributed by atoms with Gasteiger partial charge >= 0.3 is 5.97 Å². The second-order valence-electron chi connectivity index (χ2n) is 5.47. The Bertz CT molecular complexity index is 514. The average Bonchev–Trinajstić information content (AvgIpc) is 2.28. The Kier molecular flexibility index (Phi) is 5.07. The Hall–Kier alpha value is -2.11. The first-order valence-electron chi connectivity index (χ1n) is 6.15. The van der Waals surface area contributed by atoms with Gasteiger partial charge in [-0.05, 0) is 23.1 Å². The number of carboxylic acid groups (broad SMARTS) is 1. The molecule has 0 aliphatic heterocycles. The molecular weight excluding hydrogens is 265 g/mol. The summed E-state index contributed by atoms with van der Waals surface area (Å²) >= 11 is 0. The Balaban J connectivity index is 2.51. The van der Waals surface area contributed by atoms with Crippen LogP contribution in [0, 0.1) is 11.2 Å². The summed E-state index contributed by atoms with van der Waals surface area (Å²) < 4.78 is 13.1. The molecule has 0 aliphatic carbocycles. The highest BCUT2D eigenvalue weighted by atomic mass is 19.1. The zero-order chi connectivity index (χ0) is 15.3. The number of hydrogen-bond donors (Lipinski definition) is 3. The first-order valence-corrected chi connectivity index (χ1v) is 6.15. The third kappa shape index (κ3) is 5.26. The van der Waals surface area contributed by atoms with Gasteiger partial charge in [0.15, 0.2) is 11.6 Å². The van der Waals surface area contributed by atoms with E-state index in [0.717, 1.165) is 6.07 Å². The average molecular weight is 283 g/mol. The molecule has 0 aromatic heterocycles. The molecule has 0 saturated carbocycles. The molecule has 5 nitrogen and oxygen atoms in total. The van der Waals surface area contributed by atoms with Gasteiger partial charge in [0.2, 0.25) is 5.91 Å². The molecule has 1 rings (SSSR count). The largest absolute Gasteiger partial charge is 0.505 e. The normalized spacial score (nSPS) is 11.2. The van der Waals surface area contributed by atoms with Crippen molar-refractivity contribution in [2.24, 2.45) is 5.41 Å². The lowest BCUT2D eigenvalue weighted by atomic mass is 9.85. The number of aromatic hydroxyl groups is 1. The number of phenols is 1. The van der Waals surface area contributed by atoms with E-state index < -0.39 is 23.0 Å². The van der Waals surface area contributed by atoms with E-state index in [2.05, 4.69) is 5.32 Å². The van der Waals surface area contributed by atoms with Crippen molar-refractivity contribution in [3.63, 3.8) is 0 Å². The number of carbonyl (C=O) groups excluding carboxylic acids is 1. The summed E-state index contributed by atoms with van der Waals surface area (Å²) in [6.07, 6.45) is -0.0336. The first-order chi connectivity index (χ1) is 9.19. The van der Waals surface area contributed by atoms with Crippen LogP contribution in [-0.2, 0) is 16.1 Å². The monoisotopic (exact) mass is 283 g/mol. The molecule has 0 heterocycles. The minimum Gasteiger partial charge on any atom is -0.505 e. The van der Waals surface area contributed by atoms with Crippen molar-refractivity contribution in [2.75, 3.05) is 0 Å². The summed E-state index contributed by atoms with van der Waals surface area (Å²) in [6.45, 7) is 3.51. The third-order valence-corrected chi connectivity index (χ3v) is 2.77. The van der Waals surface area contributed by atoms with Crippen molar-refractivity contribution in [3.8, 4) is 5.75 Å². The first kappa shape index (κ1) is 15.9. The van der Waals surface area contributed by atoms with Gasteiger partial charge in [-0.25, -0.2) is 4.39 Å². The predicted octanol–water partition coefficient (Wildman–Crippen LogP) is 2.04. The molecule has 0 atom stereocenters. The molecule has 0 unspecified atom stereocenters. The number of hydrogen-bond acceptors (Lipinski definition) is 3. The number of nitrogens with one attached hydrogen (secondary N) is 1. The summed E-state index contributed by atoms with van der Waals surface area (Å²) in [5.41, 5.74) is -0.125. The molecule has 0 radical (unpaired) electrons. The van der Waals surface area contributed by atoms with Crippen molar-refractivity contribution in [1.29, 1.82) is 0 Å². The summed E-state index contributed by atoms with van der Waals surface area (Å²) in [4.78, 5) is 22.4. The van der Waals surface area contributed by atoms with E-state index >= 15 is 0 Å². The van der Waals surface area contributed by atoms with Crippen LogP contribution >= 0.6 is 0 Å². The van der Waals surface area contributed by atoms with E-state index in [1.54, 1.807) is 13.8 Å². The molecule has 1 amide bonds. The van der Waals surface area contributed by atoms with Crippen LogP contribution in [0.15, 0.2) is 18.2 Å². The Morgan fingerprint density at radius 1 is 1.30 bits per heavy atom. The quantitative estimate of drug-likeness (QED) is 0.745. The van der Waals surface area contributed by atoms with E-state index in [0.29, 0.717) is 5.56 Å². The maximum absolute atomic E-state index is 13.1. The Morgan fingerprint density at radius 3 is 2.50 bits per heavy atom. The van der Waals surface area contributed by atoms with Crippen molar-refractivity contribution in [2.45, 2.75) is 33.2 Å².